The highest BCUT2D eigenvalue weighted by Crippen LogP contribution is 1.99. The number of nitrogens with zero attached hydrogens (tertiary/aromatic N) is 3. The lowest BCUT2D eigenvalue weighted by atomic mass is 10.3. The van der Waals surface area contributed by atoms with Gasteiger partial charge in [-0.2, -0.15) is 4.98 Å². The van der Waals surface area contributed by atoms with Gasteiger partial charge in [0.2, 0.25) is 5.91 Å². The minimum atomic E-state index is -0.937. The van der Waals surface area contributed by atoms with Gasteiger partial charge in [-0.1, -0.05) is 5.16 Å². The molecule has 0 saturated carbocycles. The average Bonchev–Trinajstić information content (AvgIpc) is 2.75. The lowest BCUT2D eigenvalue weighted by molar-refractivity contribution is -0.140. The summed E-state index contributed by atoms with van der Waals surface area (Å²) in [4.78, 5) is 27.5. The summed E-state index contributed by atoms with van der Waals surface area (Å²) in [6.07, 6.45) is -0.0809. The zero-order valence-electron chi connectivity index (χ0n) is 11.0. The van der Waals surface area contributed by atoms with Crippen molar-refractivity contribution in [1.29, 1.82) is 0 Å². The molecule has 0 spiro atoms. The lowest BCUT2D eigenvalue weighted by Gasteiger charge is -2.19. The first-order valence-corrected chi connectivity index (χ1v) is 5.89. The molecule has 19 heavy (non-hydrogen) atoms. The predicted octanol–water partition coefficient (Wildman–Crippen LogP) is 0.218. The second kappa shape index (κ2) is 7.47. The number of hydrogen-bond acceptors (Lipinski definition) is 6. The summed E-state index contributed by atoms with van der Waals surface area (Å²) in [5.74, 6) is -0.394. The summed E-state index contributed by atoms with van der Waals surface area (Å²) < 4.78 is 9.97. The van der Waals surface area contributed by atoms with Crippen LogP contribution in [-0.4, -0.2) is 51.7 Å². The van der Waals surface area contributed by atoms with Crippen LogP contribution in [0.1, 0.15) is 25.1 Å². The number of ether oxygens (including phenoxy) is 1. The van der Waals surface area contributed by atoms with Crippen molar-refractivity contribution >= 4 is 11.9 Å². The van der Waals surface area contributed by atoms with Crippen molar-refractivity contribution in [2.45, 2.75) is 26.9 Å². The molecule has 0 atom stereocenters. The van der Waals surface area contributed by atoms with Gasteiger partial charge in [-0.25, -0.2) is 0 Å². The number of hydrogen-bond donors (Lipinski definition) is 1. The zero-order chi connectivity index (χ0) is 14.3. The average molecular weight is 271 g/mol. The fourth-order valence-electron chi connectivity index (χ4n) is 1.41. The van der Waals surface area contributed by atoms with Gasteiger partial charge in [0, 0.05) is 13.1 Å². The molecular formula is C11H17N3O5. The molecule has 106 valence electrons. The van der Waals surface area contributed by atoms with E-state index in [0.29, 0.717) is 18.3 Å². The molecule has 0 fully saturated rings. The number of aryl methyl sites for hydroxylation is 1. The number of carbonyl (C=O) groups is 2. The molecular weight excluding hydrogens is 254 g/mol. The van der Waals surface area contributed by atoms with Crippen LogP contribution in [0.15, 0.2) is 4.52 Å². The number of amides is 1. The van der Waals surface area contributed by atoms with E-state index >= 15 is 0 Å². The number of aromatic nitrogens is 2. The Hall–Kier alpha value is -1.96. The molecule has 1 amide bonds. The molecule has 1 rings (SSSR count). The highest BCUT2D eigenvalue weighted by molar-refractivity contribution is 5.78. The second-order valence-corrected chi connectivity index (χ2v) is 3.85. The van der Waals surface area contributed by atoms with Crippen molar-refractivity contribution in [2.75, 3.05) is 19.7 Å². The molecule has 1 aromatic heterocycles. The molecule has 8 nitrogen and oxygen atoms in total. The number of carbonyl (C=O) groups excluding carboxylic acids is 1. The van der Waals surface area contributed by atoms with Crippen molar-refractivity contribution in [2.24, 2.45) is 0 Å². The number of aliphatic carboxylic acids is 1. The first-order valence-electron chi connectivity index (χ1n) is 5.89. The molecule has 8 heteroatoms. The zero-order valence-corrected chi connectivity index (χ0v) is 11.0. The minimum Gasteiger partial charge on any atom is -0.481 e. The summed E-state index contributed by atoms with van der Waals surface area (Å²) in [7, 11) is 0. The molecule has 1 N–H and O–H groups in total. The highest BCUT2D eigenvalue weighted by Gasteiger charge is 2.13. The van der Waals surface area contributed by atoms with Gasteiger partial charge in [-0.15, -0.1) is 0 Å². The summed E-state index contributed by atoms with van der Waals surface area (Å²) in [5.41, 5.74) is 0. The summed E-state index contributed by atoms with van der Waals surface area (Å²) in [5, 5.41) is 12.2. The third-order valence-electron chi connectivity index (χ3n) is 2.35. The van der Waals surface area contributed by atoms with Crippen LogP contribution in [0.25, 0.3) is 0 Å². The Bertz CT molecular complexity index is 432. The standard InChI is InChI=1S/C11H17N3O5/c1-3-14(5-4-11(16)17)10(15)7-18-6-9-12-8(2)13-19-9/h3-7H2,1-2H3,(H,16,17). The van der Waals surface area contributed by atoms with E-state index in [-0.39, 0.29) is 32.1 Å². The van der Waals surface area contributed by atoms with E-state index in [4.69, 9.17) is 14.4 Å². The second-order valence-electron chi connectivity index (χ2n) is 3.85. The molecule has 1 aromatic rings. The maximum Gasteiger partial charge on any atom is 0.305 e. The van der Waals surface area contributed by atoms with Crippen LogP contribution < -0.4 is 0 Å². The van der Waals surface area contributed by atoms with E-state index in [0.717, 1.165) is 0 Å². The first-order chi connectivity index (χ1) is 9.02. The fraction of sp³-hybridized carbons (Fsp3) is 0.636. The number of rotatable bonds is 8. The van der Waals surface area contributed by atoms with Gasteiger partial charge < -0.3 is 19.3 Å². The van der Waals surface area contributed by atoms with E-state index < -0.39 is 5.97 Å². The molecule has 0 aliphatic heterocycles. The van der Waals surface area contributed by atoms with E-state index in [9.17, 15) is 9.59 Å². The molecule has 1 heterocycles. The van der Waals surface area contributed by atoms with Crippen molar-refractivity contribution in [1.82, 2.24) is 15.0 Å². The largest absolute Gasteiger partial charge is 0.481 e. The van der Waals surface area contributed by atoms with E-state index in [2.05, 4.69) is 10.1 Å². The topological polar surface area (TPSA) is 106 Å². The van der Waals surface area contributed by atoms with Crippen LogP contribution in [0.4, 0.5) is 0 Å². The van der Waals surface area contributed by atoms with E-state index in [1.165, 1.54) is 4.90 Å². The van der Waals surface area contributed by atoms with E-state index in [1.54, 1.807) is 13.8 Å². The van der Waals surface area contributed by atoms with Crippen LogP contribution in [0, 0.1) is 6.92 Å². The Morgan fingerprint density at radius 3 is 2.74 bits per heavy atom. The monoisotopic (exact) mass is 271 g/mol. The third kappa shape index (κ3) is 5.47. The van der Waals surface area contributed by atoms with Gasteiger partial charge in [-0.3, -0.25) is 9.59 Å². The Morgan fingerprint density at radius 2 is 2.21 bits per heavy atom. The number of likely N-dealkylation sites (N-methyl/N-ethyl adjacent to an activating group) is 1. The molecule has 0 unspecified atom stereocenters. The Labute approximate surface area is 110 Å². The maximum atomic E-state index is 11.7. The third-order valence-corrected chi connectivity index (χ3v) is 2.35. The number of carboxylic acids is 1. The van der Waals surface area contributed by atoms with E-state index in [1.807, 2.05) is 0 Å². The Kier molecular flexibility index (Phi) is 5.94. The summed E-state index contributed by atoms with van der Waals surface area (Å²) in [6.45, 7) is 3.99. The molecule has 0 aromatic carbocycles. The van der Waals surface area contributed by atoms with Gasteiger partial charge in [0.05, 0.1) is 6.42 Å². The van der Waals surface area contributed by atoms with Crippen LogP contribution >= 0.6 is 0 Å². The van der Waals surface area contributed by atoms with Gasteiger partial charge in [0.25, 0.3) is 5.89 Å². The normalized spacial score (nSPS) is 10.4. The minimum absolute atomic E-state index is 0.0586. The molecule has 0 saturated heterocycles. The van der Waals surface area contributed by atoms with Gasteiger partial charge in [0.15, 0.2) is 5.82 Å². The van der Waals surface area contributed by atoms with Crippen molar-refractivity contribution in [3.05, 3.63) is 11.7 Å². The van der Waals surface area contributed by atoms with Crippen LogP contribution in [-0.2, 0) is 20.9 Å². The Balaban J connectivity index is 2.30. The molecule has 0 bridgehead atoms. The SMILES string of the molecule is CCN(CCC(=O)O)C(=O)COCc1nc(C)no1. The lowest BCUT2D eigenvalue weighted by Crippen LogP contribution is -2.35. The molecule has 0 aliphatic carbocycles. The molecule has 0 aliphatic rings. The smallest absolute Gasteiger partial charge is 0.305 e. The van der Waals surface area contributed by atoms with Crippen molar-refractivity contribution in [3.63, 3.8) is 0 Å². The summed E-state index contributed by atoms with van der Waals surface area (Å²) >= 11 is 0. The van der Waals surface area contributed by atoms with Crippen molar-refractivity contribution < 1.29 is 24.0 Å². The van der Waals surface area contributed by atoms with Crippen LogP contribution in [0.2, 0.25) is 0 Å². The van der Waals surface area contributed by atoms with Gasteiger partial charge in [-0.05, 0) is 13.8 Å². The highest BCUT2D eigenvalue weighted by atomic mass is 16.5. The molecule has 0 radical (unpaired) electrons. The van der Waals surface area contributed by atoms with Gasteiger partial charge >= 0.3 is 5.97 Å². The predicted molar refractivity (Wildman–Crippen MR) is 63.2 cm³/mol. The summed E-state index contributed by atoms with van der Waals surface area (Å²) in [6, 6.07) is 0. The maximum absolute atomic E-state index is 11.7. The van der Waals surface area contributed by atoms with Crippen LogP contribution in [0.5, 0.6) is 0 Å². The Morgan fingerprint density at radius 1 is 1.47 bits per heavy atom. The number of carboxylic acid groups (broad SMARTS) is 1. The van der Waals surface area contributed by atoms with Gasteiger partial charge in [0.1, 0.15) is 13.2 Å². The first kappa shape index (κ1) is 15.1. The van der Waals surface area contributed by atoms with Crippen molar-refractivity contribution in [3.8, 4) is 0 Å². The fourth-order valence-corrected chi connectivity index (χ4v) is 1.41. The quantitative estimate of drug-likeness (QED) is 0.720. The van der Waals surface area contributed by atoms with Crippen LogP contribution in [0.3, 0.4) is 0 Å².